The Hall–Kier alpha value is -0.170. The van der Waals surface area contributed by atoms with Crippen molar-refractivity contribution < 1.29 is 8.42 Å². The second-order valence-electron chi connectivity index (χ2n) is 5.26. The minimum atomic E-state index is -3.01. The minimum absolute atomic E-state index is 0.306. The molecule has 1 aliphatic rings. The lowest BCUT2D eigenvalue weighted by molar-refractivity contribution is 0.185. The van der Waals surface area contributed by atoms with E-state index in [2.05, 4.69) is 4.90 Å². The normalized spacial score (nSPS) is 18.8. The van der Waals surface area contributed by atoms with Crippen LogP contribution in [0.25, 0.3) is 0 Å². The van der Waals surface area contributed by atoms with E-state index >= 15 is 0 Å². The largest absolute Gasteiger partial charge is 0.330 e. The maximum atomic E-state index is 12.0. The van der Waals surface area contributed by atoms with Gasteiger partial charge in [-0.05, 0) is 32.4 Å². The highest BCUT2D eigenvalue weighted by atomic mass is 32.2. The van der Waals surface area contributed by atoms with E-state index < -0.39 is 10.0 Å². The SMILES string of the molecule is CCCCS(=O)(=O)N1CCN(CCCCCN)CC1. The maximum Gasteiger partial charge on any atom is 0.214 e. The van der Waals surface area contributed by atoms with Gasteiger partial charge in [0, 0.05) is 26.2 Å². The molecule has 1 fully saturated rings. The summed E-state index contributed by atoms with van der Waals surface area (Å²) in [6.45, 7) is 6.91. The average Bonchev–Trinajstić information content (AvgIpc) is 2.42. The molecule has 1 rings (SSSR count). The molecule has 0 aromatic carbocycles. The topological polar surface area (TPSA) is 66.6 Å². The Bertz CT molecular complexity index is 325. The molecule has 114 valence electrons. The van der Waals surface area contributed by atoms with Crippen molar-refractivity contribution in [2.75, 3.05) is 45.0 Å². The molecule has 0 aliphatic carbocycles. The summed E-state index contributed by atoms with van der Waals surface area (Å²) in [5.41, 5.74) is 5.47. The van der Waals surface area contributed by atoms with E-state index in [1.807, 2.05) is 6.92 Å². The molecule has 1 heterocycles. The van der Waals surface area contributed by atoms with E-state index in [0.717, 1.165) is 45.4 Å². The van der Waals surface area contributed by atoms with Crippen molar-refractivity contribution >= 4 is 10.0 Å². The van der Waals surface area contributed by atoms with Gasteiger partial charge in [-0.25, -0.2) is 8.42 Å². The van der Waals surface area contributed by atoms with E-state index in [0.29, 0.717) is 18.8 Å². The molecule has 0 spiro atoms. The lowest BCUT2D eigenvalue weighted by Gasteiger charge is -2.34. The van der Waals surface area contributed by atoms with Crippen LogP contribution in [-0.4, -0.2) is 62.6 Å². The molecule has 0 saturated carbocycles. The van der Waals surface area contributed by atoms with Crippen LogP contribution in [0.4, 0.5) is 0 Å². The van der Waals surface area contributed by atoms with Gasteiger partial charge >= 0.3 is 0 Å². The van der Waals surface area contributed by atoms with Crippen molar-refractivity contribution in [1.29, 1.82) is 0 Å². The fraction of sp³-hybridized carbons (Fsp3) is 1.00. The molecule has 1 saturated heterocycles. The monoisotopic (exact) mass is 291 g/mol. The quantitative estimate of drug-likeness (QED) is 0.640. The first kappa shape index (κ1) is 16.9. The van der Waals surface area contributed by atoms with Crippen LogP contribution in [0.5, 0.6) is 0 Å². The van der Waals surface area contributed by atoms with Crippen LogP contribution in [0.2, 0.25) is 0 Å². The first-order valence-electron chi connectivity index (χ1n) is 7.50. The summed E-state index contributed by atoms with van der Waals surface area (Å²) >= 11 is 0. The summed E-state index contributed by atoms with van der Waals surface area (Å²) in [5, 5.41) is 0. The maximum absolute atomic E-state index is 12.0. The molecule has 0 bridgehead atoms. The average molecular weight is 291 g/mol. The Labute approximate surface area is 118 Å². The van der Waals surface area contributed by atoms with E-state index in [1.165, 1.54) is 12.8 Å². The number of hydrogen-bond acceptors (Lipinski definition) is 4. The molecule has 0 aromatic rings. The van der Waals surface area contributed by atoms with Crippen molar-refractivity contribution in [2.45, 2.75) is 39.0 Å². The Morgan fingerprint density at radius 2 is 1.68 bits per heavy atom. The molecule has 6 heteroatoms. The predicted octanol–water partition coefficient (Wildman–Crippen LogP) is 0.863. The molecular formula is C13H29N3O2S. The van der Waals surface area contributed by atoms with Crippen LogP contribution in [0, 0.1) is 0 Å². The molecule has 0 unspecified atom stereocenters. The summed E-state index contributed by atoms with van der Waals surface area (Å²) in [5.74, 6) is 0.306. The number of hydrogen-bond donors (Lipinski definition) is 1. The third kappa shape index (κ3) is 6.21. The highest BCUT2D eigenvalue weighted by molar-refractivity contribution is 7.89. The fourth-order valence-electron chi connectivity index (χ4n) is 2.34. The smallest absolute Gasteiger partial charge is 0.214 e. The molecule has 2 N–H and O–H groups in total. The van der Waals surface area contributed by atoms with Gasteiger partial charge in [-0.1, -0.05) is 19.8 Å². The summed E-state index contributed by atoms with van der Waals surface area (Å²) in [7, 11) is -3.01. The van der Waals surface area contributed by atoms with Crippen LogP contribution in [0.3, 0.4) is 0 Å². The molecule has 19 heavy (non-hydrogen) atoms. The zero-order valence-corrected chi connectivity index (χ0v) is 13.0. The van der Waals surface area contributed by atoms with E-state index in [-0.39, 0.29) is 0 Å². The van der Waals surface area contributed by atoms with E-state index in [9.17, 15) is 8.42 Å². The third-order valence-corrected chi connectivity index (χ3v) is 5.62. The molecule has 5 nitrogen and oxygen atoms in total. The van der Waals surface area contributed by atoms with Crippen molar-refractivity contribution in [3.63, 3.8) is 0 Å². The van der Waals surface area contributed by atoms with Crippen molar-refractivity contribution in [3.8, 4) is 0 Å². The van der Waals surface area contributed by atoms with Gasteiger partial charge in [-0.15, -0.1) is 0 Å². The molecular weight excluding hydrogens is 262 g/mol. The number of sulfonamides is 1. The number of nitrogens with zero attached hydrogens (tertiary/aromatic N) is 2. The number of unbranched alkanes of at least 4 members (excludes halogenated alkanes) is 3. The van der Waals surface area contributed by atoms with Gasteiger partial charge in [0.25, 0.3) is 0 Å². The summed E-state index contributed by atoms with van der Waals surface area (Å²) in [6, 6.07) is 0. The van der Waals surface area contributed by atoms with Crippen LogP contribution in [0.1, 0.15) is 39.0 Å². The Morgan fingerprint density at radius 3 is 2.26 bits per heavy atom. The summed E-state index contributed by atoms with van der Waals surface area (Å²) in [6.07, 6.45) is 5.12. The predicted molar refractivity (Wildman–Crippen MR) is 79.6 cm³/mol. The molecule has 0 amide bonds. The minimum Gasteiger partial charge on any atom is -0.330 e. The second kappa shape index (κ2) is 8.89. The number of piperazine rings is 1. The van der Waals surface area contributed by atoms with Gasteiger partial charge in [-0.3, -0.25) is 0 Å². The van der Waals surface area contributed by atoms with Gasteiger partial charge in [0.05, 0.1) is 5.75 Å². The molecule has 0 atom stereocenters. The van der Waals surface area contributed by atoms with Crippen LogP contribution in [0.15, 0.2) is 0 Å². The Morgan fingerprint density at radius 1 is 1.00 bits per heavy atom. The van der Waals surface area contributed by atoms with Gasteiger partial charge in [0.15, 0.2) is 0 Å². The highest BCUT2D eigenvalue weighted by Gasteiger charge is 2.25. The van der Waals surface area contributed by atoms with Crippen LogP contribution in [-0.2, 0) is 10.0 Å². The zero-order chi connectivity index (χ0) is 14.1. The Balaban J connectivity index is 2.24. The Kier molecular flexibility index (Phi) is 7.90. The lowest BCUT2D eigenvalue weighted by atomic mass is 10.2. The lowest BCUT2D eigenvalue weighted by Crippen LogP contribution is -2.49. The highest BCUT2D eigenvalue weighted by Crippen LogP contribution is 2.10. The molecule has 0 radical (unpaired) electrons. The standard InChI is InChI=1S/C13H29N3O2S/c1-2-3-13-19(17,18)16-11-9-15(10-12-16)8-6-4-5-7-14/h2-14H2,1H3. The first-order valence-corrected chi connectivity index (χ1v) is 9.11. The van der Waals surface area contributed by atoms with Gasteiger partial charge in [-0.2, -0.15) is 4.31 Å². The summed E-state index contributed by atoms with van der Waals surface area (Å²) in [4.78, 5) is 2.36. The zero-order valence-electron chi connectivity index (χ0n) is 12.2. The van der Waals surface area contributed by atoms with Gasteiger partial charge in [0.2, 0.25) is 10.0 Å². The van der Waals surface area contributed by atoms with Crippen molar-refractivity contribution in [2.24, 2.45) is 5.73 Å². The van der Waals surface area contributed by atoms with Crippen molar-refractivity contribution in [3.05, 3.63) is 0 Å². The van der Waals surface area contributed by atoms with Gasteiger partial charge in [0.1, 0.15) is 0 Å². The van der Waals surface area contributed by atoms with Crippen LogP contribution >= 0.6 is 0 Å². The number of nitrogens with two attached hydrogens (primary N) is 1. The molecule has 1 aliphatic heterocycles. The second-order valence-corrected chi connectivity index (χ2v) is 7.35. The van der Waals surface area contributed by atoms with E-state index in [4.69, 9.17) is 5.73 Å². The fourth-order valence-corrected chi connectivity index (χ4v) is 3.97. The van der Waals surface area contributed by atoms with Crippen molar-refractivity contribution in [1.82, 2.24) is 9.21 Å². The first-order chi connectivity index (χ1) is 9.10. The van der Waals surface area contributed by atoms with Crippen LogP contribution < -0.4 is 5.73 Å². The summed E-state index contributed by atoms with van der Waals surface area (Å²) < 4.78 is 25.8. The number of rotatable bonds is 9. The molecule has 0 aromatic heterocycles. The van der Waals surface area contributed by atoms with Gasteiger partial charge < -0.3 is 10.6 Å². The van der Waals surface area contributed by atoms with E-state index in [1.54, 1.807) is 4.31 Å². The third-order valence-electron chi connectivity index (χ3n) is 3.66.